The first-order valence-electron chi connectivity index (χ1n) is 25.9. The molecule has 0 bridgehead atoms. The lowest BCUT2D eigenvalue weighted by molar-refractivity contribution is -0.151. The summed E-state index contributed by atoms with van der Waals surface area (Å²) in [5, 5.41) is 23.7. The Morgan fingerprint density at radius 2 is 0.828 bits per heavy atom. The molecule has 0 fully saturated rings. The van der Waals surface area contributed by atoms with Crippen molar-refractivity contribution in [2.45, 2.75) is 302 Å². The smallest absolute Gasteiger partial charge is 0.306 e. The highest BCUT2D eigenvalue weighted by molar-refractivity contribution is 5.77. The molecule has 6 heteroatoms. The molecule has 0 aromatic heterocycles. The average molecular weight is 820 g/mol. The molecule has 3 atom stereocenters. The lowest BCUT2D eigenvalue weighted by Crippen LogP contribution is -2.46. The van der Waals surface area contributed by atoms with Crippen molar-refractivity contribution in [3.8, 4) is 0 Å². The van der Waals surface area contributed by atoms with E-state index >= 15 is 0 Å². The second kappa shape index (κ2) is 46.7. The van der Waals surface area contributed by atoms with Gasteiger partial charge < -0.3 is 20.3 Å². The van der Waals surface area contributed by atoms with Crippen LogP contribution >= 0.6 is 0 Å². The monoisotopic (exact) mass is 820 g/mol. The van der Waals surface area contributed by atoms with E-state index in [1.54, 1.807) is 0 Å². The zero-order valence-corrected chi connectivity index (χ0v) is 39.2. The summed E-state index contributed by atoms with van der Waals surface area (Å²) in [7, 11) is 0. The van der Waals surface area contributed by atoms with Crippen molar-refractivity contribution in [3.63, 3.8) is 0 Å². The Morgan fingerprint density at radius 3 is 1.24 bits per heavy atom. The topological polar surface area (TPSA) is 95.9 Å². The van der Waals surface area contributed by atoms with Gasteiger partial charge in [0.15, 0.2) is 0 Å². The molecular weight excluding hydrogens is 719 g/mol. The Kier molecular flexibility index (Phi) is 45.5. The number of esters is 1. The van der Waals surface area contributed by atoms with Crippen LogP contribution < -0.4 is 5.32 Å². The molecule has 0 heterocycles. The van der Waals surface area contributed by atoms with Crippen molar-refractivity contribution >= 4 is 11.9 Å². The summed E-state index contributed by atoms with van der Waals surface area (Å²) in [5.41, 5.74) is 0. The van der Waals surface area contributed by atoms with E-state index in [0.717, 1.165) is 64.2 Å². The lowest BCUT2D eigenvalue weighted by atomic mass is 10.0. The molecule has 0 saturated carbocycles. The molecule has 58 heavy (non-hydrogen) atoms. The molecule has 3 N–H and O–H groups in total. The molecule has 0 rings (SSSR count). The van der Waals surface area contributed by atoms with Crippen LogP contribution in [0.3, 0.4) is 0 Å². The largest absolute Gasteiger partial charge is 0.462 e. The van der Waals surface area contributed by atoms with Gasteiger partial charge in [-0.15, -0.1) is 0 Å². The molecule has 0 aliphatic heterocycles. The molecule has 6 nitrogen and oxygen atoms in total. The van der Waals surface area contributed by atoms with Crippen LogP contribution in [0.4, 0.5) is 0 Å². The maximum absolute atomic E-state index is 13.2. The minimum Gasteiger partial charge on any atom is -0.462 e. The number of allylic oxidation sites excluding steroid dienone is 2. The Bertz CT molecular complexity index is 878. The van der Waals surface area contributed by atoms with Crippen LogP contribution in [-0.4, -0.2) is 46.9 Å². The third kappa shape index (κ3) is 41.3. The molecule has 0 aromatic rings. The Morgan fingerprint density at radius 1 is 0.483 bits per heavy atom. The normalized spacial score (nSPS) is 13.3. The van der Waals surface area contributed by atoms with Crippen LogP contribution in [0.1, 0.15) is 284 Å². The highest BCUT2D eigenvalue weighted by Crippen LogP contribution is 2.18. The SMILES string of the molecule is CCCCCCCCCCC/C=C/CCCCCC(CC(=O)NC(CO)C(O)CCCCCCCCCCC)OC(=O)CCCCCCCCCCCCCCCC. The predicted molar refractivity (Wildman–Crippen MR) is 250 cm³/mol. The quantitative estimate of drug-likeness (QED) is 0.0323. The van der Waals surface area contributed by atoms with Gasteiger partial charge in [0.1, 0.15) is 6.10 Å². The maximum Gasteiger partial charge on any atom is 0.306 e. The summed E-state index contributed by atoms with van der Waals surface area (Å²) in [6.07, 6.45) is 51.3. The van der Waals surface area contributed by atoms with Crippen LogP contribution in [0.2, 0.25) is 0 Å². The van der Waals surface area contributed by atoms with Gasteiger partial charge in [-0.3, -0.25) is 9.59 Å². The number of nitrogens with one attached hydrogen (secondary N) is 1. The highest BCUT2D eigenvalue weighted by atomic mass is 16.5. The van der Waals surface area contributed by atoms with Crippen molar-refractivity contribution in [3.05, 3.63) is 12.2 Å². The maximum atomic E-state index is 13.2. The number of carbonyl (C=O) groups excluding carboxylic acids is 2. The molecule has 0 radical (unpaired) electrons. The van der Waals surface area contributed by atoms with E-state index in [4.69, 9.17) is 4.74 Å². The van der Waals surface area contributed by atoms with Gasteiger partial charge >= 0.3 is 5.97 Å². The van der Waals surface area contributed by atoms with Gasteiger partial charge in [0, 0.05) is 6.42 Å². The molecule has 0 spiro atoms. The van der Waals surface area contributed by atoms with Gasteiger partial charge in [0.25, 0.3) is 0 Å². The van der Waals surface area contributed by atoms with Crippen molar-refractivity contribution in [1.29, 1.82) is 0 Å². The molecule has 3 unspecified atom stereocenters. The summed E-state index contributed by atoms with van der Waals surface area (Å²) in [4.78, 5) is 26.1. The van der Waals surface area contributed by atoms with Crippen LogP contribution in [0.25, 0.3) is 0 Å². The van der Waals surface area contributed by atoms with Gasteiger partial charge in [-0.05, 0) is 51.4 Å². The molecule has 0 aliphatic carbocycles. The third-order valence-corrected chi connectivity index (χ3v) is 12.1. The fourth-order valence-electron chi connectivity index (χ4n) is 8.13. The fourth-order valence-corrected chi connectivity index (χ4v) is 8.13. The van der Waals surface area contributed by atoms with Gasteiger partial charge in [-0.2, -0.15) is 0 Å². The first-order valence-corrected chi connectivity index (χ1v) is 25.9. The Labute approximate surface area is 361 Å². The lowest BCUT2D eigenvalue weighted by Gasteiger charge is -2.24. The average Bonchev–Trinajstić information content (AvgIpc) is 3.22. The van der Waals surface area contributed by atoms with E-state index in [9.17, 15) is 19.8 Å². The number of aliphatic hydroxyl groups is 2. The standard InChI is InChI=1S/C52H101NO5/c1-4-7-10-13-16-19-21-23-25-26-27-29-32-34-37-40-43-48(58-52(57)45-42-39-36-33-30-28-24-22-20-17-14-11-8-5-2)46-51(56)53-49(47-54)50(55)44-41-38-35-31-18-15-12-9-6-3/h27,29,48-50,54-55H,4-26,28,30-47H2,1-3H3,(H,53,56)/b29-27+. The van der Waals surface area contributed by atoms with E-state index in [0.29, 0.717) is 19.3 Å². The summed E-state index contributed by atoms with van der Waals surface area (Å²) in [6.45, 7) is 6.48. The minimum absolute atomic E-state index is 0.0738. The summed E-state index contributed by atoms with van der Waals surface area (Å²) in [6, 6.07) is -0.698. The van der Waals surface area contributed by atoms with E-state index in [1.807, 2.05) is 0 Å². The zero-order valence-electron chi connectivity index (χ0n) is 39.2. The Hall–Kier alpha value is -1.40. The molecular formula is C52H101NO5. The number of ether oxygens (including phenoxy) is 1. The van der Waals surface area contributed by atoms with Crippen LogP contribution in [0, 0.1) is 0 Å². The van der Waals surface area contributed by atoms with E-state index in [2.05, 4.69) is 38.2 Å². The van der Waals surface area contributed by atoms with Gasteiger partial charge in [0.2, 0.25) is 5.91 Å². The van der Waals surface area contributed by atoms with Gasteiger partial charge in [0.05, 0.1) is 25.2 Å². The van der Waals surface area contributed by atoms with E-state index < -0.39 is 18.2 Å². The molecule has 0 aromatic carbocycles. The predicted octanol–water partition coefficient (Wildman–Crippen LogP) is 15.3. The van der Waals surface area contributed by atoms with Gasteiger partial charge in [-0.25, -0.2) is 0 Å². The minimum atomic E-state index is -0.784. The number of hydrogen-bond acceptors (Lipinski definition) is 5. The van der Waals surface area contributed by atoms with Crippen LogP contribution in [-0.2, 0) is 14.3 Å². The zero-order chi connectivity index (χ0) is 42.4. The summed E-state index contributed by atoms with van der Waals surface area (Å²) < 4.78 is 5.93. The van der Waals surface area contributed by atoms with Crippen molar-refractivity contribution in [2.75, 3.05) is 6.61 Å². The number of aliphatic hydroxyl groups excluding tert-OH is 2. The van der Waals surface area contributed by atoms with Crippen molar-refractivity contribution < 1.29 is 24.5 Å². The van der Waals surface area contributed by atoms with Crippen molar-refractivity contribution in [2.24, 2.45) is 0 Å². The number of amides is 1. The molecule has 1 amide bonds. The fraction of sp³-hybridized carbons (Fsp3) is 0.923. The van der Waals surface area contributed by atoms with Crippen LogP contribution in [0.5, 0.6) is 0 Å². The van der Waals surface area contributed by atoms with E-state index in [-0.39, 0.29) is 24.9 Å². The summed E-state index contributed by atoms with van der Waals surface area (Å²) in [5.74, 6) is -0.473. The summed E-state index contributed by atoms with van der Waals surface area (Å²) >= 11 is 0. The first-order chi connectivity index (χ1) is 28.5. The van der Waals surface area contributed by atoms with Crippen molar-refractivity contribution in [1.82, 2.24) is 5.32 Å². The van der Waals surface area contributed by atoms with Gasteiger partial charge in [-0.1, -0.05) is 232 Å². The second-order valence-corrected chi connectivity index (χ2v) is 17.9. The Balaban J connectivity index is 4.56. The third-order valence-electron chi connectivity index (χ3n) is 12.1. The number of carbonyl (C=O) groups is 2. The van der Waals surface area contributed by atoms with E-state index in [1.165, 1.54) is 173 Å². The number of rotatable bonds is 47. The first kappa shape index (κ1) is 56.6. The highest BCUT2D eigenvalue weighted by Gasteiger charge is 2.24. The molecule has 0 aliphatic rings. The molecule has 344 valence electrons. The second-order valence-electron chi connectivity index (χ2n) is 17.9. The number of unbranched alkanes of at least 4 members (excludes halogenated alkanes) is 33. The van der Waals surface area contributed by atoms with Crippen LogP contribution in [0.15, 0.2) is 12.2 Å². The number of hydrogen-bond donors (Lipinski definition) is 3. The molecule has 0 saturated heterocycles.